The maximum atomic E-state index is 12.8. The SMILES string of the molecule is O=S(=O)(c1ccc(Cl)cc1)N1CCN(Cn2nc3c(Cl)cc(Cl)cn3c2=S)CC1. The van der Waals surface area contributed by atoms with Crippen LogP contribution >= 0.6 is 47.0 Å². The Morgan fingerprint density at radius 2 is 1.66 bits per heavy atom. The zero-order valence-corrected chi connectivity index (χ0v) is 18.9. The second-order valence-electron chi connectivity index (χ2n) is 6.60. The lowest BCUT2D eigenvalue weighted by atomic mass is 10.4. The van der Waals surface area contributed by atoms with Gasteiger partial charge in [0.2, 0.25) is 14.8 Å². The van der Waals surface area contributed by atoms with Gasteiger partial charge in [0.15, 0.2) is 5.65 Å². The third-order valence-corrected chi connectivity index (χ3v) is 7.77. The van der Waals surface area contributed by atoms with E-state index < -0.39 is 10.0 Å². The minimum absolute atomic E-state index is 0.240. The number of piperazine rings is 1. The summed E-state index contributed by atoms with van der Waals surface area (Å²) >= 11 is 23.6. The van der Waals surface area contributed by atoms with Gasteiger partial charge in [-0.05, 0) is 42.5 Å². The molecule has 0 amide bonds. The molecule has 1 fully saturated rings. The van der Waals surface area contributed by atoms with Crippen molar-refractivity contribution in [3.05, 3.63) is 56.4 Å². The first kappa shape index (κ1) is 21.0. The van der Waals surface area contributed by atoms with Crippen LogP contribution in [0.25, 0.3) is 5.65 Å². The monoisotopic (exact) mass is 491 g/mol. The zero-order valence-electron chi connectivity index (χ0n) is 15.0. The molecule has 0 spiro atoms. The third kappa shape index (κ3) is 4.18. The van der Waals surface area contributed by atoms with E-state index in [1.54, 1.807) is 33.5 Å². The number of sulfonamides is 1. The molecule has 0 unspecified atom stereocenters. The summed E-state index contributed by atoms with van der Waals surface area (Å²) in [7, 11) is -3.55. The summed E-state index contributed by atoms with van der Waals surface area (Å²) in [5, 5.41) is 5.86. The van der Waals surface area contributed by atoms with Crippen LogP contribution in [0, 0.1) is 4.77 Å². The Balaban J connectivity index is 1.47. The van der Waals surface area contributed by atoms with Crippen LogP contribution in [-0.2, 0) is 16.7 Å². The molecule has 3 aromatic rings. The van der Waals surface area contributed by atoms with Crippen LogP contribution in [0.5, 0.6) is 0 Å². The fraction of sp³-hybridized carbons (Fsp3) is 0.294. The first-order chi connectivity index (χ1) is 13.8. The molecule has 3 heterocycles. The second-order valence-corrected chi connectivity index (χ2v) is 10.2. The quantitative estimate of drug-likeness (QED) is 0.519. The smallest absolute Gasteiger partial charge is 0.243 e. The van der Waals surface area contributed by atoms with Gasteiger partial charge in [-0.15, -0.1) is 5.10 Å². The topological polar surface area (TPSA) is 62.9 Å². The number of benzene rings is 1. The molecule has 0 bridgehead atoms. The first-order valence-corrected chi connectivity index (χ1v) is 11.7. The molecule has 0 N–H and O–H groups in total. The molecule has 12 heteroatoms. The molecule has 0 saturated carbocycles. The van der Waals surface area contributed by atoms with Gasteiger partial charge in [-0.3, -0.25) is 9.30 Å². The van der Waals surface area contributed by atoms with Crippen LogP contribution in [0.1, 0.15) is 0 Å². The molecule has 1 aliphatic heterocycles. The van der Waals surface area contributed by atoms with Crippen molar-refractivity contribution < 1.29 is 8.42 Å². The number of halogens is 3. The van der Waals surface area contributed by atoms with Gasteiger partial charge >= 0.3 is 0 Å². The molecule has 1 aromatic carbocycles. The minimum Gasteiger partial charge on any atom is -0.282 e. The molecule has 0 atom stereocenters. The average molecular weight is 493 g/mol. The Labute approximate surface area is 188 Å². The van der Waals surface area contributed by atoms with Gasteiger partial charge in [0.05, 0.1) is 21.6 Å². The average Bonchev–Trinajstić information content (AvgIpc) is 2.99. The Morgan fingerprint density at radius 1 is 1.00 bits per heavy atom. The van der Waals surface area contributed by atoms with Gasteiger partial charge in [-0.2, -0.15) is 4.31 Å². The zero-order chi connectivity index (χ0) is 20.8. The highest BCUT2D eigenvalue weighted by atomic mass is 35.5. The van der Waals surface area contributed by atoms with Crippen molar-refractivity contribution in [1.29, 1.82) is 0 Å². The van der Waals surface area contributed by atoms with E-state index in [0.29, 0.717) is 58.3 Å². The molecule has 1 saturated heterocycles. The standard InChI is InChI=1S/C17H16Cl3N5O2S2/c18-12-1-3-14(4-2-12)29(26,27)23-7-5-22(6-8-23)11-25-17(28)24-10-13(19)9-15(20)16(24)21-25/h1-4,9-10H,5-8,11H2. The molecule has 4 rings (SSSR count). The Hall–Kier alpha value is -1.20. The van der Waals surface area contributed by atoms with Crippen molar-refractivity contribution in [2.45, 2.75) is 11.6 Å². The van der Waals surface area contributed by atoms with Crippen LogP contribution in [0.2, 0.25) is 15.1 Å². The molecule has 2 aromatic heterocycles. The van der Waals surface area contributed by atoms with Gasteiger partial charge in [-0.1, -0.05) is 34.8 Å². The number of aromatic nitrogens is 3. The minimum atomic E-state index is -3.55. The number of hydrogen-bond acceptors (Lipinski definition) is 5. The van der Waals surface area contributed by atoms with Crippen molar-refractivity contribution in [3.8, 4) is 0 Å². The molecule has 0 aliphatic carbocycles. The lowest BCUT2D eigenvalue weighted by Crippen LogP contribution is -2.48. The number of nitrogens with zero attached hydrogens (tertiary/aromatic N) is 5. The molecule has 1 aliphatic rings. The van der Waals surface area contributed by atoms with E-state index >= 15 is 0 Å². The van der Waals surface area contributed by atoms with Crippen LogP contribution in [-0.4, -0.2) is 58.0 Å². The first-order valence-electron chi connectivity index (χ1n) is 8.68. The second kappa shape index (κ2) is 8.14. The van der Waals surface area contributed by atoms with Crippen molar-refractivity contribution in [2.24, 2.45) is 0 Å². The van der Waals surface area contributed by atoms with Crippen molar-refractivity contribution >= 4 is 62.7 Å². The molecular formula is C17H16Cl3N5O2S2. The van der Waals surface area contributed by atoms with Gasteiger partial charge in [0.25, 0.3) is 0 Å². The number of fused-ring (bicyclic) bond motifs is 1. The summed E-state index contributed by atoms with van der Waals surface area (Å²) in [6.45, 7) is 2.29. The predicted molar refractivity (Wildman–Crippen MR) is 116 cm³/mol. The van der Waals surface area contributed by atoms with Gasteiger partial charge < -0.3 is 0 Å². The highest BCUT2D eigenvalue weighted by Gasteiger charge is 2.28. The number of rotatable bonds is 4. The largest absolute Gasteiger partial charge is 0.282 e. The summed E-state index contributed by atoms with van der Waals surface area (Å²) in [6.07, 6.45) is 1.67. The fourth-order valence-corrected chi connectivity index (χ4v) is 5.49. The number of hydrogen-bond donors (Lipinski definition) is 0. The van der Waals surface area contributed by atoms with E-state index in [9.17, 15) is 8.42 Å². The van der Waals surface area contributed by atoms with E-state index in [0.717, 1.165) is 0 Å². The summed E-state index contributed by atoms with van der Waals surface area (Å²) in [5.74, 6) is 0. The van der Waals surface area contributed by atoms with Crippen LogP contribution in [0.15, 0.2) is 41.4 Å². The van der Waals surface area contributed by atoms with E-state index in [1.807, 2.05) is 0 Å². The molecule has 7 nitrogen and oxygen atoms in total. The van der Waals surface area contributed by atoms with Gasteiger partial charge in [0.1, 0.15) is 0 Å². The van der Waals surface area contributed by atoms with Gasteiger partial charge in [-0.25, -0.2) is 13.1 Å². The normalized spacial score (nSPS) is 16.5. The summed E-state index contributed by atoms with van der Waals surface area (Å²) < 4.78 is 30.9. The lowest BCUT2D eigenvalue weighted by Gasteiger charge is -2.33. The Kier molecular flexibility index (Phi) is 5.91. The Morgan fingerprint density at radius 3 is 2.31 bits per heavy atom. The van der Waals surface area contributed by atoms with E-state index in [1.165, 1.54) is 16.4 Å². The van der Waals surface area contributed by atoms with Crippen molar-refractivity contribution in [3.63, 3.8) is 0 Å². The van der Waals surface area contributed by atoms with E-state index in [4.69, 9.17) is 47.0 Å². The third-order valence-electron chi connectivity index (χ3n) is 4.72. The van der Waals surface area contributed by atoms with Crippen molar-refractivity contribution in [1.82, 2.24) is 23.4 Å². The van der Waals surface area contributed by atoms with Crippen molar-refractivity contribution in [2.75, 3.05) is 26.2 Å². The van der Waals surface area contributed by atoms with Crippen LogP contribution < -0.4 is 0 Å². The summed E-state index contributed by atoms with van der Waals surface area (Å²) in [4.78, 5) is 2.33. The van der Waals surface area contributed by atoms with Crippen LogP contribution in [0.3, 0.4) is 0 Å². The maximum Gasteiger partial charge on any atom is 0.243 e. The number of pyridine rings is 1. The molecule has 154 valence electrons. The van der Waals surface area contributed by atoms with E-state index in [2.05, 4.69) is 10.00 Å². The fourth-order valence-electron chi connectivity index (χ4n) is 3.19. The van der Waals surface area contributed by atoms with Crippen LogP contribution in [0.4, 0.5) is 0 Å². The molecular weight excluding hydrogens is 477 g/mol. The lowest BCUT2D eigenvalue weighted by molar-refractivity contribution is 0.145. The maximum absolute atomic E-state index is 12.8. The molecule has 0 radical (unpaired) electrons. The summed E-state index contributed by atoms with van der Waals surface area (Å²) in [5.41, 5.74) is 0.532. The highest BCUT2D eigenvalue weighted by Crippen LogP contribution is 2.22. The Bertz CT molecular complexity index is 1220. The van der Waals surface area contributed by atoms with E-state index in [-0.39, 0.29) is 4.90 Å². The molecule has 29 heavy (non-hydrogen) atoms. The van der Waals surface area contributed by atoms with Gasteiger partial charge in [0, 0.05) is 37.4 Å². The highest BCUT2D eigenvalue weighted by molar-refractivity contribution is 7.89. The summed E-state index contributed by atoms with van der Waals surface area (Å²) in [6, 6.07) is 7.81. The predicted octanol–water partition coefficient (Wildman–Crippen LogP) is 3.79.